The average Bonchev–Trinajstić information content (AvgIpc) is 2.93. The van der Waals surface area contributed by atoms with Gasteiger partial charge in [0.2, 0.25) is 0 Å². The van der Waals surface area contributed by atoms with Crippen molar-refractivity contribution >= 4 is 11.9 Å². The topological polar surface area (TPSA) is 93.1 Å². The minimum Gasteiger partial charge on any atom is -1.00 e. The van der Waals surface area contributed by atoms with Gasteiger partial charge >= 0.3 is 41.5 Å². The summed E-state index contributed by atoms with van der Waals surface area (Å²) in [7, 11) is 0. The Labute approximate surface area is 271 Å². The summed E-state index contributed by atoms with van der Waals surface area (Å²) in [6, 6.07) is 0. The fourth-order valence-corrected chi connectivity index (χ4v) is 4.47. The Kier molecular flexibility index (Phi) is 43.0. The molecule has 0 aromatic carbocycles. The van der Waals surface area contributed by atoms with Gasteiger partial charge in [-0.05, 0) is 19.8 Å². The monoisotopic (exact) mass is 582 g/mol. The van der Waals surface area contributed by atoms with Crippen LogP contribution in [0, 0.1) is 0 Å². The molecule has 1 atom stereocenters. The molecule has 0 amide bonds. The van der Waals surface area contributed by atoms with E-state index in [0.29, 0.717) is 12.8 Å². The van der Waals surface area contributed by atoms with Gasteiger partial charge in [-0.3, -0.25) is 9.59 Å². The summed E-state index contributed by atoms with van der Waals surface area (Å²) in [4.78, 5) is 23.9. The van der Waals surface area contributed by atoms with Gasteiger partial charge in [0.1, 0.15) is 12.7 Å². The summed E-state index contributed by atoms with van der Waals surface area (Å²) in [5.74, 6) is -0.343. The van der Waals surface area contributed by atoms with Crippen molar-refractivity contribution in [2.45, 2.75) is 181 Å². The van der Waals surface area contributed by atoms with Crippen molar-refractivity contribution in [3.63, 3.8) is 0 Å². The van der Waals surface area contributed by atoms with Gasteiger partial charge in [-0.2, -0.15) is 0 Å². The minimum absolute atomic E-state index is 0. The van der Waals surface area contributed by atoms with E-state index in [0.717, 1.165) is 25.7 Å². The minimum atomic E-state index is -0.364. The molecule has 236 valence electrons. The molecule has 6 nitrogen and oxygen atoms in total. The van der Waals surface area contributed by atoms with Crippen LogP contribution in [0.5, 0.6) is 0 Å². The third-order valence-corrected chi connectivity index (χ3v) is 6.88. The van der Waals surface area contributed by atoms with Gasteiger partial charge in [-0.25, -0.2) is 0 Å². The van der Waals surface area contributed by atoms with Crippen LogP contribution in [0.1, 0.15) is 176 Å². The molecule has 0 aromatic heterocycles. The standard InChI is InChI=1S/C31H60O4.C2H6O2.Na.H/c1-4-6-8-10-12-14-16-18-20-22-24-26-30(32)34-28-29(3)35-31(33)27-25-23-21-19-17-15-13-11-9-7-5-2;3-1-2-4;;/h29H,4-28H2,1-3H3;3-4H,1-2H2;;/q;;+1;-1. The van der Waals surface area contributed by atoms with Gasteiger partial charge in [0.15, 0.2) is 0 Å². The first-order valence-electron chi connectivity index (χ1n) is 16.6. The second-order valence-electron chi connectivity index (χ2n) is 11.0. The van der Waals surface area contributed by atoms with Crippen LogP contribution >= 0.6 is 0 Å². The number of hydrogen-bond acceptors (Lipinski definition) is 6. The normalized spacial score (nSPS) is 11.2. The van der Waals surface area contributed by atoms with E-state index < -0.39 is 0 Å². The van der Waals surface area contributed by atoms with Crippen LogP contribution in [-0.4, -0.2) is 48.1 Å². The molecule has 0 spiro atoms. The van der Waals surface area contributed by atoms with E-state index in [4.69, 9.17) is 19.7 Å². The number of rotatable bonds is 28. The van der Waals surface area contributed by atoms with Crippen LogP contribution in [0.15, 0.2) is 0 Å². The summed E-state index contributed by atoms with van der Waals surface area (Å²) in [5, 5.41) is 15.2. The summed E-state index contributed by atoms with van der Waals surface area (Å²) < 4.78 is 10.7. The Bertz CT molecular complexity index is 508. The number of hydrogen-bond donors (Lipinski definition) is 2. The van der Waals surface area contributed by atoms with Crippen LogP contribution in [-0.2, 0) is 19.1 Å². The first kappa shape index (κ1) is 44.3. The first-order valence-corrected chi connectivity index (χ1v) is 16.6. The predicted octanol–water partition coefficient (Wildman–Crippen LogP) is 5.95. The van der Waals surface area contributed by atoms with Gasteiger partial charge in [0.05, 0.1) is 13.2 Å². The molecule has 2 N–H and O–H groups in total. The predicted molar refractivity (Wildman–Crippen MR) is 164 cm³/mol. The Balaban J connectivity index is -0.00000106. The Morgan fingerprint density at radius 3 is 1.18 bits per heavy atom. The smallest absolute Gasteiger partial charge is 1.00 e. The molecule has 0 fully saturated rings. The zero-order chi connectivity index (χ0) is 29.2. The molecule has 0 bridgehead atoms. The van der Waals surface area contributed by atoms with Crippen LogP contribution in [0.3, 0.4) is 0 Å². The quantitative estimate of drug-likeness (QED) is 0.0673. The first-order chi connectivity index (χ1) is 19.0. The third kappa shape index (κ3) is 40.0. The van der Waals surface area contributed by atoms with E-state index in [1.54, 1.807) is 6.92 Å². The van der Waals surface area contributed by atoms with Crippen molar-refractivity contribution in [2.75, 3.05) is 19.8 Å². The molecule has 0 heterocycles. The van der Waals surface area contributed by atoms with Crippen molar-refractivity contribution in [3.8, 4) is 0 Å². The van der Waals surface area contributed by atoms with Crippen LogP contribution in [0.4, 0.5) is 0 Å². The molecule has 0 saturated heterocycles. The molecule has 1 unspecified atom stereocenters. The molecule has 0 radical (unpaired) electrons. The molecular weight excluding hydrogens is 515 g/mol. The van der Waals surface area contributed by atoms with Crippen molar-refractivity contribution in [1.29, 1.82) is 0 Å². The second kappa shape index (κ2) is 38.9. The van der Waals surface area contributed by atoms with Crippen LogP contribution < -0.4 is 29.6 Å². The van der Waals surface area contributed by atoms with E-state index in [9.17, 15) is 9.59 Å². The zero-order valence-electron chi connectivity index (χ0n) is 28.2. The number of aliphatic hydroxyl groups is 2. The molecule has 0 aliphatic carbocycles. The zero-order valence-corrected chi connectivity index (χ0v) is 29.2. The second-order valence-corrected chi connectivity index (χ2v) is 11.0. The Hall–Kier alpha value is -0.140. The van der Waals surface area contributed by atoms with Gasteiger partial charge in [0, 0.05) is 12.8 Å². The number of carbonyl (C=O) groups is 2. The summed E-state index contributed by atoms with van der Waals surface area (Å²) in [5.41, 5.74) is 0. The maximum atomic E-state index is 12.0. The third-order valence-electron chi connectivity index (χ3n) is 6.88. The number of carbonyl (C=O) groups excluding carboxylic acids is 2. The molecule has 0 rings (SSSR count). The molecule has 40 heavy (non-hydrogen) atoms. The molecular formula is C33H67NaO6. The van der Waals surface area contributed by atoms with Gasteiger partial charge in [-0.15, -0.1) is 0 Å². The summed E-state index contributed by atoms with van der Waals surface area (Å²) in [6.07, 6.45) is 28.5. The fourth-order valence-electron chi connectivity index (χ4n) is 4.47. The van der Waals surface area contributed by atoms with Crippen molar-refractivity contribution in [3.05, 3.63) is 0 Å². The number of aliphatic hydroxyl groups excluding tert-OH is 2. The number of ether oxygens (including phenoxy) is 2. The molecule has 0 aliphatic rings. The Morgan fingerprint density at radius 2 is 0.850 bits per heavy atom. The van der Waals surface area contributed by atoms with Crippen LogP contribution in [0.2, 0.25) is 0 Å². The molecule has 7 heteroatoms. The maximum absolute atomic E-state index is 12.0. The summed E-state index contributed by atoms with van der Waals surface area (Å²) in [6.45, 7) is 6.23. The molecule has 0 aliphatic heterocycles. The SMILES string of the molecule is CCCCCCCCCCCCCC(=O)OCC(C)OC(=O)CCCCCCCCCCCCC.OCCO.[H-].[Na+]. The van der Waals surface area contributed by atoms with Crippen molar-refractivity contribution < 1.29 is 60.3 Å². The van der Waals surface area contributed by atoms with Crippen molar-refractivity contribution in [1.82, 2.24) is 0 Å². The molecule has 0 aromatic rings. The number of unbranched alkanes of at least 4 members (excludes halogenated alkanes) is 20. The van der Waals surface area contributed by atoms with Gasteiger partial charge < -0.3 is 21.1 Å². The van der Waals surface area contributed by atoms with Gasteiger partial charge in [0.25, 0.3) is 0 Å². The van der Waals surface area contributed by atoms with Gasteiger partial charge in [-0.1, -0.05) is 142 Å². The molecule has 0 saturated carbocycles. The van der Waals surface area contributed by atoms with E-state index >= 15 is 0 Å². The van der Waals surface area contributed by atoms with E-state index in [1.165, 1.54) is 116 Å². The van der Waals surface area contributed by atoms with E-state index in [-0.39, 0.29) is 68.8 Å². The van der Waals surface area contributed by atoms with Crippen LogP contribution in [0.25, 0.3) is 0 Å². The van der Waals surface area contributed by atoms with E-state index in [2.05, 4.69) is 13.8 Å². The number of esters is 2. The fraction of sp³-hybridized carbons (Fsp3) is 0.939. The Morgan fingerprint density at radius 1 is 0.550 bits per heavy atom. The summed E-state index contributed by atoms with van der Waals surface area (Å²) >= 11 is 0. The van der Waals surface area contributed by atoms with E-state index in [1.807, 2.05) is 0 Å². The van der Waals surface area contributed by atoms with Crippen molar-refractivity contribution in [2.24, 2.45) is 0 Å². The maximum Gasteiger partial charge on any atom is 1.00 e. The largest absolute Gasteiger partial charge is 1.00 e. The average molecular weight is 583 g/mol.